The average molecular weight is 308 g/mol. The van der Waals surface area contributed by atoms with E-state index in [2.05, 4.69) is 5.32 Å². The topological polar surface area (TPSA) is 84.9 Å². The second kappa shape index (κ2) is 8.66. The molecule has 0 saturated heterocycles. The van der Waals surface area contributed by atoms with Crippen molar-refractivity contribution in [1.29, 1.82) is 0 Å². The first kappa shape index (κ1) is 17.5. The predicted octanol–water partition coefficient (Wildman–Crippen LogP) is 0.446. The SMILES string of the molecule is CCOc1ccccc1C(=O)OCC(=O)N(C)CC(=O)NC. The average Bonchev–Trinajstić information content (AvgIpc) is 2.52. The summed E-state index contributed by atoms with van der Waals surface area (Å²) >= 11 is 0. The summed E-state index contributed by atoms with van der Waals surface area (Å²) < 4.78 is 10.3. The molecule has 0 aromatic heterocycles. The molecule has 0 bridgehead atoms. The van der Waals surface area contributed by atoms with Crippen molar-refractivity contribution in [3.8, 4) is 5.75 Å². The number of benzene rings is 1. The number of hydrogen-bond donors (Lipinski definition) is 1. The number of amides is 2. The van der Waals surface area contributed by atoms with Crippen molar-refractivity contribution in [2.45, 2.75) is 6.92 Å². The molecule has 1 aromatic rings. The summed E-state index contributed by atoms with van der Waals surface area (Å²) in [5.41, 5.74) is 0.256. The van der Waals surface area contributed by atoms with Crippen LogP contribution >= 0.6 is 0 Å². The molecule has 0 aliphatic heterocycles. The molecule has 0 aliphatic carbocycles. The minimum absolute atomic E-state index is 0.0948. The van der Waals surface area contributed by atoms with Gasteiger partial charge in [-0.15, -0.1) is 0 Å². The lowest BCUT2D eigenvalue weighted by atomic mass is 10.2. The lowest BCUT2D eigenvalue weighted by Gasteiger charge is -2.16. The van der Waals surface area contributed by atoms with Crippen LogP contribution in [0, 0.1) is 0 Å². The van der Waals surface area contributed by atoms with Crippen LogP contribution in [0.15, 0.2) is 24.3 Å². The van der Waals surface area contributed by atoms with Crippen LogP contribution in [-0.4, -0.2) is 56.5 Å². The maximum atomic E-state index is 12.0. The number of carbonyl (C=O) groups is 3. The van der Waals surface area contributed by atoms with Crippen LogP contribution in [0.2, 0.25) is 0 Å². The van der Waals surface area contributed by atoms with Gasteiger partial charge in [-0.25, -0.2) is 4.79 Å². The van der Waals surface area contributed by atoms with E-state index in [0.29, 0.717) is 12.4 Å². The Morgan fingerprint density at radius 2 is 1.91 bits per heavy atom. The first-order valence-electron chi connectivity index (χ1n) is 6.83. The molecule has 1 rings (SSSR count). The minimum atomic E-state index is -0.647. The molecule has 22 heavy (non-hydrogen) atoms. The highest BCUT2D eigenvalue weighted by atomic mass is 16.5. The van der Waals surface area contributed by atoms with E-state index in [-0.39, 0.29) is 18.0 Å². The number of para-hydroxylation sites is 1. The zero-order valence-corrected chi connectivity index (χ0v) is 12.9. The number of nitrogens with one attached hydrogen (secondary N) is 1. The molecule has 0 fully saturated rings. The Labute approximate surface area is 129 Å². The second-order valence-corrected chi connectivity index (χ2v) is 4.43. The highest BCUT2D eigenvalue weighted by Crippen LogP contribution is 2.18. The van der Waals surface area contributed by atoms with Gasteiger partial charge >= 0.3 is 5.97 Å². The fourth-order valence-corrected chi connectivity index (χ4v) is 1.61. The van der Waals surface area contributed by atoms with E-state index < -0.39 is 18.5 Å². The third-order valence-corrected chi connectivity index (χ3v) is 2.82. The van der Waals surface area contributed by atoms with Crippen molar-refractivity contribution >= 4 is 17.8 Å². The van der Waals surface area contributed by atoms with E-state index in [1.165, 1.54) is 19.0 Å². The number of hydrogen-bond acceptors (Lipinski definition) is 5. The van der Waals surface area contributed by atoms with E-state index in [4.69, 9.17) is 9.47 Å². The predicted molar refractivity (Wildman–Crippen MR) is 79.6 cm³/mol. The number of ether oxygens (including phenoxy) is 2. The molecule has 7 heteroatoms. The van der Waals surface area contributed by atoms with E-state index >= 15 is 0 Å². The molecule has 2 amide bonds. The Morgan fingerprint density at radius 1 is 1.23 bits per heavy atom. The Bertz CT molecular complexity index is 544. The van der Waals surface area contributed by atoms with Crippen molar-refractivity contribution in [3.05, 3.63) is 29.8 Å². The maximum Gasteiger partial charge on any atom is 0.342 e. The molecular weight excluding hydrogens is 288 g/mol. The van der Waals surface area contributed by atoms with Gasteiger partial charge in [0.05, 0.1) is 13.2 Å². The molecule has 0 heterocycles. The number of nitrogens with zero attached hydrogens (tertiary/aromatic N) is 1. The fourth-order valence-electron chi connectivity index (χ4n) is 1.61. The Balaban J connectivity index is 2.59. The quantitative estimate of drug-likeness (QED) is 0.739. The molecule has 0 unspecified atom stereocenters. The molecule has 120 valence electrons. The highest BCUT2D eigenvalue weighted by Gasteiger charge is 2.17. The number of rotatable bonds is 7. The van der Waals surface area contributed by atoms with Crippen LogP contribution in [0.4, 0.5) is 0 Å². The lowest BCUT2D eigenvalue weighted by molar-refractivity contribution is -0.137. The summed E-state index contributed by atoms with van der Waals surface area (Å²) in [5, 5.41) is 2.41. The normalized spacial score (nSPS) is 9.77. The zero-order valence-electron chi connectivity index (χ0n) is 12.9. The minimum Gasteiger partial charge on any atom is -0.493 e. The van der Waals surface area contributed by atoms with Gasteiger partial charge in [0.2, 0.25) is 5.91 Å². The molecule has 1 N–H and O–H groups in total. The third-order valence-electron chi connectivity index (χ3n) is 2.82. The van der Waals surface area contributed by atoms with Crippen molar-refractivity contribution in [2.24, 2.45) is 0 Å². The number of likely N-dealkylation sites (N-methyl/N-ethyl adjacent to an activating group) is 2. The van der Waals surface area contributed by atoms with Crippen LogP contribution in [-0.2, 0) is 14.3 Å². The highest BCUT2D eigenvalue weighted by molar-refractivity contribution is 5.94. The van der Waals surface area contributed by atoms with Gasteiger partial charge in [-0.2, -0.15) is 0 Å². The zero-order chi connectivity index (χ0) is 16.5. The van der Waals surface area contributed by atoms with Gasteiger partial charge in [0.1, 0.15) is 11.3 Å². The molecule has 0 radical (unpaired) electrons. The molecule has 0 spiro atoms. The summed E-state index contributed by atoms with van der Waals surface area (Å²) in [7, 11) is 2.94. The van der Waals surface area contributed by atoms with Crippen molar-refractivity contribution in [2.75, 3.05) is 33.9 Å². The van der Waals surface area contributed by atoms with Gasteiger partial charge in [-0.1, -0.05) is 12.1 Å². The van der Waals surface area contributed by atoms with Crippen LogP contribution in [0.3, 0.4) is 0 Å². The Hall–Kier alpha value is -2.57. The maximum absolute atomic E-state index is 12.0. The summed E-state index contributed by atoms with van der Waals surface area (Å²) in [6.45, 7) is 1.69. The summed E-state index contributed by atoms with van der Waals surface area (Å²) in [4.78, 5) is 36.1. The van der Waals surface area contributed by atoms with Crippen LogP contribution in [0.25, 0.3) is 0 Å². The Kier molecular flexibility index (Phi) is 6.88. The second-order valence-electron chi connectivity index (χ2n) is 4.43. The largest absolute Gasteiger partial charge is 0.493 e. The van der Waals surface area contributed by atoms with E-state index in [1.54, 1.807) is 31.2 Å². The number of carbonyl (C=O) groups excluding carboxylic acids is 3. The van der Waals surface area contributed by atoms with E-state index in [1.807, 2.05) is 0 Å². The molecule has 1 aromatic carbocycles. The van der Waals surface area contributed by atoms with Crippen molar-refractivity contribution in [3.63, 3.8) is 0 Å². The molecule has 0 saturated carbocycles. The lowest BCUT2D eigenvalue weighted by Crippen LogP contribution is -2.39. The molecule has 0 aliphatic rings. The Morgan fingerprint density at radius 3 is 2.55 bits per heavy atom. The third kappa shape index (κ3) is 5.08. The van der Waals surface area contributed by atoms with Gasteiger partial charge in [-0.3, -0.25) is 9.59 Å². The van der Waals surface area contributed by atoms with Crippen LogP contribution in [0.1, 0.15) is 17.3 Å². The fraction of sp³-hybridized carbons (Fsp3) is 0.400. The molecule has 7 nitrogen and oxygen atoms in total. The van der Waals surface area contributed by atoms with Crippen LogP contribution < -0.4 is 10.1 Å². The van der Waals surface area contributed by atoms with Crippen LogP contribution in [0.5, 0.6) is 5.75 Å². The van der Waals surface area contributed by atoms with Gasteiger partial charge < -0.3 is 19.7 Å². The standard InChI is InChI=1S/C15H20N2O5/c1-4-21-12-8-6-5-7-11(12)15(20)22-10-14(19)17(3)9-13(18)16-2/h5-8H,4,9-10H2,1-3H3,(H,16,18). The van der Waals surface area contributed by atoms with Gasteiger partial charge in [-0.05, 0) is 19.1 Å². The van der Waals surface area contributed by atoms with Gasteiger partial charge in [0.15, 0.2) is 6.61 Å². The molecular formula is C15H20N2O5. The summed E-state index contributed by atoms with van der Waals surface area (Å²) in [6, 6.07) is 6.63. The first-order chi connectivity index (χ1) is 10.5. The number of esters is 1. The van der Waals surface area contributed by atoms with Crippen molar-refractivity contribution in [1.82, 2.24) is 10.2 Å². The monoisotopic (exact) mass is 308 g/mol. The van der Waals surface area contributed by atoms with Gasteiger partial charge in [0.25, 0.3) is 5.91 Å². The summed E-state index contributed by atoms with van der Waals surface area (Å²) in [5.74, 6) is -1.01. The van der Waals surface area contributed by atoms with E-state index in [9.17, 15) is 14.4 Å². The van der Waals surface area contributed by atoms with E-state index in [0.717, 1.165) is 0 Å². The van der Waals surface area contributed by atoms with Gasteiger partial charge in [0, 0.05) is 14.1 Å². The first-order valence-corrected chi connectivity index (χ1v) is 6.83. The molecule has 0 atom stereocenters. The summed E-state index contributed by atoms with van der Waals surface area (Å²) in [6.07, 6.45) is 0. The van der Waals surface area contributed by atoms with Crippen molar-refractivity contribution < 1.29 is 23.9 Å². The smallest absolute Gasteiger partial charge is 0.342 e.